The van der Waals surface area contributed by atoms with Gasteiger partial charge in [0, 0.05) is 24.6 Å². The monoisotopic (exact) mass is 164 g/mol. The highest BCUT2D eigenvalue weighted by Crippen LogP contribution is 2.08. The Kier molecular flexibility index (Phi) is 2.80. The van der Waals surface area contributed by atoms with Crippen molar-refractivity contribution >= 4 is 11.6 Å². The first-order chi connectivity index (χ1) is 5.74. The van der Waals surface area contributed by atoms with Gasteiger partial charge in [0.2, 0.25) is 0 Å². The minimum atomic E-state index is 0.190. The predicted molar refractivity (Wildman–Crippen MR) is 47.7 cm³/mol. The Balaban J connectivity index is 2.75. The van der Waals surface area contributed by atoms with E-state index in [1.165, 1.54) is 0 Å². The van der Waals surface area contributed by atoms with Gasteiger partial charge in [0.05, 0.1) is 0 Å². The van der Waals surface area contributed by atoms with Crippen molar-refractivity contribution in [3.8, 4) is 0 Å². The molecule has 0 spiro atoms. The van der Waals surface area contributed by atoms with E-state index in [4.69, 9.17) is 5.73 Å². The summed E-state index contributed by atoms with van der Waals surface area (Å²) in [5.74, 6) is 0.647. The number of nitrogens with two attached hydrogens (primary N) is 1. The number of carbonyl (C=O) groups is 1. The molecule has 0 atom stereocenters. The third-order valence-corrected chi connectivity index (χ3v) is 1.71. The van der Waals surface area contributed by atoms with E-state index in [1.54, 1.807) is 12.3 Å². The number of hydrogen-bond acceptors (Lipinski definition) is 3. The van der Waals surface area contributed by atoms with Crippen molar-refractivity contribution in [1.29, 1.82) is 0 Å². The second-order valence-electron chi connectivity index (χ2n) is 2.62. The average Bonchev–Trinajstić information content (AvgIpc) is 2.09. The van der Waals surface area contributed by atoms with Crippen LogP contribution in [0.25, 0.3) is 0 Å². The first-order valence-corrected chi connectivity index (χ1v) is 3.95. The molecule has 12 heavy (non-hydrogen) atoms. The fraction of sp³-hybridized carbons (Fsp3) is 0.333. The highest BCUT2D eigenvalue weighted by Gasteiger charge is 2.03. The molecule has 0 bridgehead atoms. The highest BCUT2D eigenvalue weighted by molar-refractivity contribution is 5.81. The molecule has 0 radical (unpaired) electrons. The van der Waals surface area contributed by atoms with E-state index < -0.39 is 0 Å². The maximum Gasteiger partial charge on any atom is 0.137 e. The fourth-order valence-electron chi connectivity index (χ4n) is 0.938. The Bertz CT molecular complexity index is 284. The van der Waals surface area contributed by atoms with E-state index >= 15 is 0 Å². The molecule has 3 nitrogen and oxygen atoms in total. The molecule has 1 aromatic rings. The Morgan fingerprint density at radius 1 is 1.67 bits per heavy atom. The van der Waals surface area contributed by atoms with Crippen LogP contribution in [0.4, 0.5) is 5.82 Å². The predicted octanol–water partition coefficient (Wildman–Crippen LogP) is 1.19. The van der Waals surface area contributed by atoms with Gasteiger partial charge in [0.1, 0.15) is 11.6 Å². The molecule has 64 valence electrons. The van der Waals surface area contributed by atoms with Crippen LogP contribution in [0.5, 0.6) is 0 Å². The molecule has 1 aromatic heterocycles. The van der Waals surface area contributed by atoms with Gasteiger partial charge in [-0.05, 0) is 6.07 Å². The van der Waals surface area contributed by atoms with Crippen molar-refractivity contribution in [2.45, 2.75) is 19.8 Å². The van der Waals surface area contributed by atoms with Crippen LogP contribution >= 0.6 is 0 Å². The van der Waals surface area contributed by atoms with Crippen molar-refractivity contribution < 1.29 is 4.79 Å². The number of hydrogen-bond donors (Lipinski definition) is 1. The van der Waals surface area contributed by atoms with E-state index in [9.17, 15) is 4.79 Å². The minimum absolute atomic E-state index is 0.190. The molecule has 0 aliphatic rings. The Hall–Kier alpha value is -1.38. The van der Waals surface area contributed by atoms with Crippen LogP contribution < -0.4 is 5.73 Å². The summed E-state index contributed by atoms with van der Waals surface area (Å²) in [7, 11) is 0. The first-order valence-electron chi connectivity index (χ1n) is 3.95. The molecule has 0 unspecified atom stereocenters. The summed E-state index contributed by atoms with van der Waals surface area (Å²) in [6, 6.07) is 3.62. The summed E-state index contributed by atoms with van der Waals surface area (Å²) in [5.41, 5.74) is 6.38. The van der Waals surface area contributed by atoms with Crippen LogP contribution in [0.3, 0.4) is 0 Å². The van der Waals surface area contributed by atoms with Gasteiger partial charge in [-0.2, -0.15) is 0 Å². The second-order valence-corrected chi connectivity index (χ2v) is 2.62. The third-order valence-electron chi connectivity index (χ3n) is 1.71. The number of nitrogen functional groups attached to an aromatic ring is 1. The summed E-state index contributed by atoms with van der Waals surface area (Å²) >= 11 is 0. The van der Waals surface area contributed by atoms with Gasteiger partial charge in [-0.1, -0.05) is 13.0 Å². The molecule has 0 aromatic carbocycles. The molecular weight excluding hydrogens is 152 g/mol. The summed E-state index contributed by atoms with van der Waals surface area (Å²) in [5, 5.41) is 0. The largest absolute Gasteiger partial charge is 0.383 e. The molecule has 0 aliphatic heterocycles. The molecular formula is C9H12N2O. The van der Waals surface area contributed by atoms with Crippen molar-refractivity contribution in [3.63, 3.8) is 0 Å². The number of anilines is 1. The van der Waals surface area contributed by atoms with Crippen molar-refractivity contribution in [2.24, 2.45) is 0 Å². The zero-order valence-electron chi connectivity index (χ0n) is 7.08. The van der Waals surface area contributed by atoms with E-state index in [0.717, 1.165) is 5.56 Å². The van der Waals surface area contributed by atoms with E-state index in [2.05, 4.69) is 4.98 Å². The van der Waals surface area contributed by atoms with E-state index in [0.29, 0.717) is 18.7 Å². The normalized spacial score (nSPS) is 9.75. The number of ketones is 1. The van der Waals surface area contributed by atoms with E-state index in [-0.39, 0.29) is 5.78 Å². The molecule has 0 aliphatic carbocycles. The standard InChI is InChI=1S/C9H12N2O/c1-2-8(12)6-7-4-3-5-11-9(7)10/h3-5H,2,6H2,1H3,(H2,10,11). The lowest BCUT2D eigenvalue weighted by molar-refractivity contribution is -0.118. The fourth-order valence-corrected chi connectivity index (χ4v) is 0.938. The third kappa shape index (κ3) is 2.05. The van der Waals surface area contributed by atoms with Crippen molar-refractivity contribution in [1.82, 2.24) is 4.98 Å². The zero-order valence-corrected chi connectivity index (χ0v) is 7.08. The second kappa shape index (κ2) is 3.85. The molecule has 0 fully saturated rings. The molecule has 1 heterocycles. The number of pyridine rings is 1. The number of carbonyl (C=O) groups excluding carboxylic acids is 1. The molecule has 2 N–H and O–H groups in total. The lowest BCUT2D eigenvalue weighted by Crippen LogP contribution is -2.04. The molecule has 1 rings (SSSR count). The number of rotatable bonds is 3. The average molecular weight is 164 g/mol. The van der Waals surface area contributed by atoms with Gasteiger partial charge in [0.15, 0.2) is 0 Å². The van der Waals surface area contributed by atoms with Gasteiger partial charge in [-0.15, -0.1) is 0 Å². The van der Waals surface area contributed by atoms with Crippen LogP contribution in [0.15, 0.2) is 18.3 Å². The maximum absolute atomic E-state index is 11.1. The van der Waals surface area contributed by atoms with Crippen molar-refractivity contribution in [3.05, 3.63) is 23.9 Å². The van der Waals surface area contributed by atoms with Crippen LogP contribution in [-0.2, 0) is 11.2 Å². The maximum atomic E-state index is 11.1. The van der Waals surface area contributed by atoms with Gasteiger partial charge < -0.3 is 5.73 Å². The van der Waals surface area contributed by atoms with Crippen molar-refractivity contribution in [2.75, 3.05) is 5.73 Å². The van der Waals surface area contributed by atoms with Crippen LogP contribution in [0.2, 0.25) is 0 Å². The summed E-state index contributed by atoms with van der Waals surface area (Å²) in [6.07, 6.45) is 2.57. The first kappa shape index (κ1) is 8.71. The zero-order chi connectivity index (χ0) is 8.97. The van der Waals surface area contributed by atoms with Crippen LogP contribution in [0, 0.1) is 0 Å². The van der Waals surface area contributed by atoms with Gasteiger partial charge in [-0.25, -0.2) is 4.98 Å². The molecule has 0 saturated heterocycles. The quantitative estimate of drug-likeness (QED) is 0.730. The van der Waals surface area contributed by atoms with Gasteiger partial charge >= 0.3 is 0 Å². The summed E-state index contributed by atoms with van der Waals surface area (Å²) in [6.45, 7) is 1.84. The van der Waals surface area contributed by atoms with Crippen LogP contribution in [-0.4, -0.2) is 10.8 Å². The summed E-state index contributed by atoms with van der Waals surface area (Å²) < 4.78 is 0. The number of Topliss-reactive ketones (excluding diaryl/α,β-unsaturated/α-hetero) is 1. The summed E-state index contributed by atoms with van der Waals surface area (Å²) in [4.78, 5) is 14.9. The minimum Gasteiger partial charge on any atom is -0.383 e. The number of aromatic nitrogens is 1. The lowest BCUT2D eigenvalue weighted by Gasteiger charge is -2.01. The topological polar surface area (TPSA) is 56.0 Å². The molecule has 3 heteroatoms. The van der Waals surface area contributed by atoms with Gasteiger partial charge in [0.25, 0.3) is 0 Å². The SMILES string of the molecule is CCC(=O)Cc1cccnc1N. The van der Waals surface area contributed by atoms with E-state index in [1.807, 2.05) is 13.0 Å². The Labute approximate surface area is 71.6 Å². The lowest BCUT2D eigenvalue weighted by atomic mass is 10.1. The smallest absolute Gasteiger partial charge is 0.137 e. The van der Waals surface area contributed by atoms with Crippen LogP contribution in [0.1, 0.15) is 18.9 Å². The number of nitrogens with zero attached hydrogens (tertiary/aromatic N) is 1. The molecule has 0 saturated carbocycles. The van der Waals surface area contributed by atoms with Gasteiger partial charge in [-0.3, -0.25) is 4.79 Å². The molecule has 0 amide bonds. The Morgan fingerprint density at radius 2 is 2.42 bits per heavy atom. The highest BCUT2D eigenvalue weighted by atomic mass is 16.1. The Morgan fingerprint density at radius 3 is 3.00 bits per heavy atom.